The van der Waals surface area contributed by atoms with Gasteiger partial charge < -0.3 is 19.2 Å². The molecule has 6 heteroatoms. The van der Waals surface area contributed by atoms with Gasteiger partial charge in [0.2, 0.25) is 5.76 Å². The molecular formula is C17H22N2O4. The van der Waals surface area contributed by atoms with Crippen molar-refractivity contribution >= 4 is 5.91 Å². The Morgan fingerprint density at radius 3 is 2.52 bits per heavy atom. The third-order valence-corrected chi connectivity index (χ3v) is 3.23. The summed E-state index contributed by atoms with van der Waals surface area (Å²) in [6.45, 7) is 6.42. The van der Waals surface area contributed by atoms with Crippen LogP contribution in [-0.4, -0.2) is 31.2 Å². The minimum atomic E-state index is -0.271. The lowest BCUT2D eigenvalue weighted by Crippen LogP contribution is -2.28. The molecule has 6 nitrogen and oxygen atoms in total. The standard InChI is InChI=1S/C17H22N2O4/c1-11(2)15-16(23-12(3)19-15)17(20)18-9-10-22-14-7-5-13(21-4)6-8-14/h5-8,11H,9-10H2,1-4H3,(H,18,20). The number of hydrogen-bond donors (Lipinski definition) is 1. The highest BCUT2D eigenvalue weighted by Gasteiger charge is 2.20. The number of carbonyl (C=O) groups excluding carboxylic acids is 1. The summed E-state index contributed by atoms with van der Waals surface area (Å²) in [7, 11) is 1.61. The van der Waals surface area contributed by atoms with E-state index in [1.54, 1.807) is 14.0 Å². The summed E-state index contributed by atoms with van der Waals surface area (Å²) in [6.07, 6.45) is 0. The lowest BCUT2D eigenvalue weighted by molar-refractivity contribution is 0.0916. The second-order valence-corrected chi connectivity index (χ2v) is 5.38. The van der Waals surface area contributed by atoms with Crippen LogP contribution in [0.1, 0.15) is 41.9 Å². The Morgan fingerprint density at radius 2 is 1.91 bits per heavy atom. The Kier molecular flexibility index (Phi) is 5.62. The van der Waals surface area contributed by atoms with Crippen LogP contribution >= 0.6 is 0 Å². The minimum Gasteiger partial charge on any atom is -0.497 e. The average Bonchev–Trinajstić information content (AvgIpc) is 2.94. The zero-order valence-corrected chi connectivity index (χ0v) is 13.9. The molecule has 0 bridgehead atoms. The van der Waals surface area contributed by atoms with Crippen molar-refractivity contribution in [3.05, 3.63) is 41.6 Å². The number of oxazole rings is 1. The van der Waals surface area contributed by atoms with Gasteiger partial charge in [0.1, 0.15) is 18.1 Å². The Morgan fingerprint density at radius 1 is 1.26 bits per heavy atom. The summed E-state index contributed by atoms with van der Waals surface area (Å²) in [4.78, 5) is 16.4. The molecule has 2 aromatic rings. The Bertz CT molecular complexity index is 647. The lowest BCUT2D eigenvalue weighted by Gasteiger charge is -2.08. The van der Waals surface area contributed by atoms with Crippen molar-refractivity contribution in [2.24, 2.45) is 0 Å². The van der Waals surface area contributed by atoms with E-state index in [1.165, 1.54) is 0 Å². The van der Waals surface area contributed by atoms with Crippen molar-refractivity contribution in [3.63, 3.8) is 0 Å². The molecule has 0 aliphatic heterocycles. The fourth-order valence-electron chi connectivity index (χ4n) is 2.08. The molecule has 0 saturated heterocycles. The van der Waals surface area contributed by atoms with E-state index >= 15 is 0 Å². The fraction of sp³-hybridized carbons (Fsp3) is 0.412. The van der Waals surface area contributed by atoms with Crippen molar-refractivity contribution in [1.82, 2.24) is 10.3 Å². The Hall–Kier alpha value is -2.50. The Labute approximate surface area is 135 Å². The van der Waals surface area contributed by atoms with E-state index in [9.17, 15) is 4.79 Å². The van der Waals surface area contributed by atoms with Crippen molar-refractivity contribution in [3.8, 4) is 11.5 Å². The summed E-state index contributed by atoms with van der Waals surface area (Å²) in [6, 6.07) is 7.27. The van der Waals surface area contributed by atoms with Crippen LogP contribution < -0.4 is 14.8 Å². The van der Waals surface area contributed by atoms with Gasteiger partial charge in [0, 0.05) is 6.92 Å². The monoisotopic (exact) mass is 318 g/mol. The van der Waals surface area contributed by atoms with Gasteiger partial charge in [-0.1, -0.05) is 13.8 Å². The summed E-state index contributed by atoms with van der Waals surface area (Å²) in [5.74, 6) is 2.12. The van der Waals surface area contributed by atoms with E-state index < -0.39 is 0 Å². The lowest BCUT2D eigenvalue weighted by atomic mass is 10.1. The summed E-state index contributed by atoms with van der Waals surface area (Å²) in [5.41, 5.74) is 0.677. The number of aromatic nitrogens is 1. The number of nitrogens with one attached hydrogen (secondary N) is 1. The van der Waals surface area contributed by atoms with E-state index in [4.69, 9.17) is 13.9 Å². The van der Waals surface area contributed by atoms with Gasteiger partial charge in [-0.25, -0.2) is 4.98 Å². The van der Waals surface area contributed by atoms with Crippen molar-refractivity contribution in [2.75, 3.05) is 20.3 Å². The van der Waals surface area contributed by atoms with E-state index in [-0.39, 0.29) is 17.6 Å². The predicted molar refractivity (Wildman–Crippen MR) is 86.2 cm³/mol. The number of rotatable bonds is 7. The molecule has 1 aromatic heterocycles. The normalized spacial score (nSPS) is 10.7. The molecule has 0 radical (unpaired) electrons. The number of benzene rings is 1. The number of ether oxygens (including phenoxy) is 2. The van der Waals surface area contributed by atoms with E-state index in [0.29, 0.717) is 24.7 Å². The summed E-state index contributed by atoms with van der Waals surface area (Å²) < 4.78 is 16.0. The number of aryl methyl sites for hydroxylation is 1. The van der Waals surface area contributed by atoms with Gasteiger partial charge in [-0.2, -0.15) is 0 Å². The predicted octanol–water partition coefficient (Wildman–Crippen LogP) is 2.92. The van der Waals surface area contributed by atoms with Crippen LogP contribution in [0.5, 0.6) is 11.5 Å². The number of methoxy groups -OCH3 is 1. The van der Waals surface area contributed by atoms with E-state index in [0.717, 1.165) is 11.5 Å². The van der Waals surface area contributed by atoms with Crippen LogP contribution in [0.15, 0.2) is 28.7 Å². The summed E-state index contributed by atoms with van der Waals surface area (Å²) >= 11 is 0. The largest absolute Gasteiger partial charge is 0.497 e. The molecule has 2 rings (SSSR count). The summed E-state index contributed by atoms with van der Waals surface area (Å²) in [5, 5.41) is 2.78. The van der Waals surface area contributed by atoms with Crippen LogP contribution in [0.2, 0.25) is 0 Å². The maximum Gasteiger partial charge on any atom is 0.289 e. The molecule has 0 fully saturated rings. The van der Waals surface area contributed by atoms with E-state index in [2.05, 4.69) is 10.3 Å². The molecule has 0 saturated carbocycles. The zero-order valence-electron chi connectivity index (χ0n) is 13.9. The molecule has 0 unspecified atom stereocenters. The second kappa shape index (κ2) is 7.67. The number of hydrogen-bond acceptors (Lipinski definition) is 5. The van der Waals surface area contributed by atoms with Gasteiger partial charge in [-0.15, -0.1) is 0 Å². The highest BCUT2D eigenvalue weighted by Crippen LogP contribution is 2.19. The quantitative estimate of drug-likeness (QED) is 0.795. The zero-order chi connectivity index (χ0) is 16.8. The van der Waals surface area contributed by atoms with Crippen LogP contribution in [0.3, 0.4) is 0 Å². The number of carbonyl (C=O) groups is 1. The van der Waals surface area contributed by atoms with Gasteiger partial charge >= 0.3 is 0 Å². The van der Waals surface area contributed by atoms with Gasteiger partial charge in [0.25, 0.3) is 5.91 Å². The average molecular weight is 318 g/mol. The highest BCUT2D eigenvalue weighted by atomic mass is 16.5. The second-order valence-electron chi connectivity index (χ2n) is 5.38. The van der Waals surface area contributed by atoms with E-state index in [1.807, 2.05) is 38.1 Å². The highest BCUT2D eigenvalue weighted by molar-refractivity contribution is 5.92. The maximum atomic E-state index is 12.2. The molecule has 0 aliphatic carbocycles. The van der Waals surface area contributed by atoms with Crippen LogP contribution in [0.4, 0.5) is 0 Å². The SMILES string of the molecule is COc1ccc(OCCNC(=O)c2oc(C)nc2C(C)C)cc1. The van der Waals surface area contributed by atoms with Crippen LogP contribution in [0, 0.1) is 6.92 Å². The molecule has 1 N–H and O–H groups in total. The molecule has 1 aromatic carbocycles. The molecule has 0 aliphatic rings. The first kappa shape index (κ1) is 16.9. The minimum absolute atomic E-state index is 0.128. The first-order chi connectivity index (χ1) is 11.0. The molecule has 1 heterocycles. The molecule has 23 heavy (non-hydrogen) atoms. The first-order valence-electron chi connectivity index (χ1n) is 7.53. The van der Waals surface area contributed by atoms with Gasteiger partial charge in [-0.05, 0) is 30.2 Å². The van der Waals surface area contributed by atoms with Gasteiger partial charge in [0.05, 0.1) is 19.3 Å². The van der Waals surface area contributed by atoms with Gasteiger partial charge in [0.15, 0.2) is 5.89 Å². The molecule has 0 spiro atoms. The van der Waals surface area contributed by atoms with Gasteiger partial charge in [-0.3, -0.25) is 4.79 Å². The maximum absolute atomic E-state index is 12.2. The Balaban J connectivity index is 1.83. The smallest absolute Gasteiger partial charge is 0.289 e. The third-order valence-electron chi connectivity index (χ3n) is 3.23. The van der Waals surface area contributed by atoms with Crippen LogP contribution in [0.25, 0.3) is 0 Å². The first-order valence-corrected chi connectivity index (χ1v) is 7.53. The topological polar surface area (TPSA) is 73.6 Å². The van der Waals surface area contributed by atoms with Crippen LogP contribution in [-0.2, 0) is 0 Å². The molecule has 0 atom stereocenters. The fourth-order valence-corrected chi connectivity index (χ4v) is 2.08. The number of amides is 1. The van der Waals surface area contributed by atoms with Crippen molar-refractivity contribution in [2.45, 2.75) is 26.7 Å². The number of nitrogens with zero attached hydrogens (tertiary/aromatic N) is 1. The molecule has 1 amide bonds. The third kappa shape index (κ3) is 4.48. The van der Waals surface area contributed by atoms with Crippen molar-refractivity contribution < 1.29 is 18.7 Å². The molecule has 124 valence electrons. The molecular weight excluding hydrogens is 296 g/mol. The van der Waals surface area contributed by atoms with Crippen molar-refractivity contribution in [1.29, 1.82) is 0 Å².